The van der Waals surface area contributed by atoms with E-state index in [-0.39, 0.29) is 18.8 Å². The highest BCUT2D eigenvalue weighted by molar-refractivity contribution is 5.88. The Balaban J connectivity index is 1.66. The molecule has 114 valence electrons. The fourth-order valence-corrected chi connectivity index (χ4v) is 2.51. The van der Waals surface area contributed by atoms with Crippen molar-refractivity contribution in [2.45, 2.75) is 19.7 Å². The summed E-state index contributed by atoms with van der Waals surface area (Å²) in [5.74, 6) is -1.09. The SMILES string of the molecule is Cn1nc(C(=O)O)c2c1CN(C(=O)OCc1ccccc1)C2. The van der Waals surface area contributed by atoms with Crippen molar-refractivity contribution >= 4 is 12.1 Å². The lowest BCUT2D eigenvalue weighted by Crippen LogP contribution is -2.27. The number of aryl methyl sites for hydroxylation is 1. The second-order valence-electron chi connectivity index (χ2n) is 5.10. The molecular weight excluding hydrogens is 286 g/mol. The standard InChI is InChI=1S/C15H15N3O4/c1-17-12-8-18(7-11(12)13(16-17)14(19)20)15(21)22-9-10-5-3-2-4-6-10/h2-6H,7-9H2,1H3,(H,19,20). The minimum atomic E-state index is -1.09. The van der Waals surface area contributed by atoms with Gasteiger partial charge in [0.05, 0.1) is 18.8 Å². The molecule has 22 heavy (non-hydrogen) atoms. The first kappa shape index (κ1) is 14.1. The average Bonchev–Trinajstić information content (AvgIpc) is 3.07. The molecule has 7 heteroatoms. The molecule has 3 rings (SSSR count). The Kier molecular flexibility index (Phi) is 3.54. The zero-order valence-corrected chi connectivity index (χ0v) is 12.0. The van der Waals surface area contributed by atoms with Crippen molar-refractivity contribution in [2.75, 3.05) is 0 Å². The van der Waals surface area contributed by atoms with Gasteiger partial charge in [0.2, 0.25) is 0 Å². The van der Waals surface area contributed by atoms with Gasteiger partial charge < -0.3 is 9.84 Å². The monoisotopic (exact) mass is 301 g/mol. The summed E-state index contributed by atoms with van der Waals surface area (Å²) in [7, 11) is 1.67. The number of ether oxygens (including phenoxy) is 1. The number of aromatic carboxylic acids is 1. The maximum absolute atomic E-state index is 12.1. The Morgan fingerprint density at radius 1 is 1.27 bits per heavy atom. The number of carbonyl (C=O) groups excluding carboxylic acids is 1. The fourth-order valence-electron chi connectivity index (χ4n) is 2.51. The third kappa shape index (κ3) is 2.52. The summed E-state index contributed by atoms with van der Waals surface area (Å²) in [6.07, 6.45) is -0.462. The molecule has 0 fully saturated rings. The Morgan fingerprint density at radius 3 is 2.68 bits per heavy atom. The topological polar surface area (TPSA) is 84.7 Å². The number of aromatic nitrogens is 2. The van der Waals surface area contributed by atoms with Crippen LogP contribution in [0.25, 0.3) is 0 Å². The first-order valence-electron chi connectivity index (χ1n) is 6.80. The molecule has 0 bridgehead atoms. The van der Waals surface area contributed by atoms with Crippen LogP contribution < -0.4 is 0 Å². The third-order valence-corrected chi connectivity index (χ3v) is 3.63. The normalized spacial score (nSPS) is 13.0. The smallest absolute Gasteiger partial charge is 0.410 e. The first-order valence-corrected chi connectivity index (χ1v) is 6.80. The molecule has 0 spiro atoms. The molecule has 1 amide bonds. The molecule has 1 aromatic carbocycles. The molecule has 2 heterocycles. The molecule has 1 aromatic heterocycles. The summed E-state index contributed by atoms with van der Waals surface area (Å²) in [5, 5.41) is 13.1. The molecular formula is C15H15N3O4. The molecule has 7 nitrogen and oxygen atoms in total. The number of amides is 1. The highest BCUT2D eigenvalue weighted by Gasteiger charge is 2.32. The van der Waals surface area contributed by atoms with E-state index in [4.69, 9.17) is 9.84 Å². The van der Waals surface area contributed by atoms with Crippen LogP contribution in [0.3, 0.4) is 0 Å². The van der Waals surface area contributed by atoms with Gasteiger partial charge in [-0.3, -0.25) is 9.58 Å². The molecule has 0 radical (unpaired) electrons. The first-order chi connectivity index (χ1) is 10.6. The van der Waals surface area contributed by atoms with Crippen molar-refractivity contribution in [3.8, 4) is 0 Å². The lowest BCUT2D eigenvalue weighted by Gasteiger charge is -2.16. The largest absolute Gasteiger partial charge is 0.476 e. The summed E-state index contributed by atoms with van der Waals surface area (Å²) in [6, 6.07) is 9.39. The maximum atomic E-state index is 12.1. The summed E-state index contributed by atoms with van der Waals surface area (Å²) in [6.45, 7) is 0.703. The van der Waals surface area contributed by atoms with E-state index < -0.39 is 12.1 Å². The van der Waals surface area contributed by atoms with E-state index in [1.165, 1.54) is 9.58 Å². The van der Waals surface area contributed by atoms with Crippen molar-refractivity contribution in [3.63, 3.8) is 0 Å². The van der Waals surface area contributed by atoms with Crippen LogP contribution in [0.5, 0.6) is 0 Å². The average molecular weight is 301 g/mol. The van der Waals surface area contributed by atoms with Gasteiger partial charge in [0, 0.05) is 12.6 Å². The van der Waals surface area contributed by atoms with Crippen LogP contribution in [0.4, 0.5) is 4.79 Å². The van der Waals surface area contributed by atoms with Crippen molar-refractivity contribution in [1.29, 1.82) is 0 Å². The molecule has 1 aliphatic heterocycles. The van der Waals surface area contributed by atoms with Crippen LogP contribution in [0.2, 0.25) is 0 Å². The lowest BCUT2D eigenvalue weighted by molar-refractivity contribution is 0.0684. The minimum absolute atomic E-state index is 0.00383. The van der Waals surface area contributed by atoms with Gasteiger partial charge in [-0.05, 0) is 5.56 Å². The van der Waals surface area contributed by atoms with E-state index in [9.17, 15) is 9.59 Å². The van der Waals surface area contributed by atoms with Gasteiger partial charge in [-0.2, -0.15) is 5.10 Å². The Morgan fingerprint density at radius 2 is 2.00 bits per heavy atom. The number of hydrogen-bond donors (Lipinski definition) is 1. The number of carboxylic acid groups (broad SMARTS) is 1. The van der Waals surface area contributed by atoms with Gasteiger partial charge in [-0.1, -0.05) is 30.3 Å². The summed E-state index contributed by atoms with van der Waals surface area (Å²) in [5.41, 5.74) is 2.21. The van der Waals surface area contributed by atoms with Gasteiger partial charge >= 0.3 is 12.1 Å². The molecule has 2 aromatic rings. The predicted molar refractivity (Wildman–Crippen MR) is 76.0 cm³/mol. The van der Waals surface area contributed by atoms with Gasteiger partial charge in [0.25, 0.3) is 0 Å². The highest BCUT2D eigenvalue weighted by Crippen LogP contribution is 2.26. The van der Waals surface area contributed by atoms with Crippen LogP contribution in [0.1, 0.15) is 27.3 Å². The predicted octanol–water partition coefficient (Wildman–Crippen LogP) is 1.77. The van der Waals surface area contributed by atoms with Crippen LogP contribution in [-0.4, -0.2) is 31.8 Å². The molecule has 0 unspecified atom stereocenters. The van der Waals surface area contributed by atoms with Gasteiger partial charge in [-0.15, -0.1) is 0 Å². The number of hydrogen-bond acceptors (Lipinski definition) is 4. The highest BCUT2D eigenvalue weighted by atomic mass is 16.6. The van der Waals surface area contributed by atoms with E-state index >= 15 is 0 Å². The van der Waals surface area contributed by atoms with E-state index in [0.717, 1.165) is 11.3 Å². The van der Waals surface area contributed by atoms with Crippen molar-refractivity contribution in [1.82, 2.24) is 14.7 Å². The molecule has 1 N–H and O–H groups in total. The second-order valence-corrected chi connectivity index (χ2v) is 5.10. The van der Waals surface area contributed by atoms with Crippen molar-refractivity contribution in [3.05, 3.63) is 52.8 Å². The van der Waals surface area contributed by atoms with E-state index in [2.05, 4.69) is 5.10 Å². The summed E-state index contributed by atoms with van der Waals surface area (Å²) in [4.78, 5) is 24.7. The van der Waals surface area contributed by atoms with E-state index in [1.54, 1.807) is 7.05 Å². The van der Waals surface area contributed by atoms with Gasteiger partial charge in [-0.25, -0.2) is 9.59 Å². The van der Waals surface area contributed by atoms with Gasteiger partial charge in [0.1, 0.15) is 6.61 Å². The number of nitrogens with zero attached hydrogens (tertiary/aromatic N) is 3. The number of benzene rings is 1. The Bertz CT molecular complexity index is 724. The molecule has 0 saturated carbocycles. The number of fused-ring (bicyclic) bond motifs is 1. The van der Waals surface area contributed by atoms with Crippen LogP contribution in [-0.2, 0) is 31.5 Å². The zero-order chi connectivity index (χ0) is 15.7. The van der Waals surface area contributed by atoms with Crippen LogP contribution in [0, 0.1) is 0 Å². The lowest BCUT2D eigenvalue weighted by atomic mass is 10.2. The van der Waals surface area contributed by atoms with Crippen LogP contribution >= 0.6 is 0 Å². The number of carboxylic acids is 1. The quantitative estimate of drug-likeness (QED) is 0.934. The number of rotatable bonds is 3. The third-order valence-electron chi connectivity index (χ3n) is 3.63. The molecule has 1 aliphatic rings. The Hall–Kier alpha value is -2.83. The second kappa shape index (κ2) is 5.51. The van der Waals surface area contributed by atoms with Crippen molar-refractivity contribution in [2.24, 2.45) is 7.05 Å². The fraction of sp³-hybridized carbons (Fsp3) is 0.267. The Labute approximate surface area is 126 Å². The minimum Gasteiger partial charge on any atom is -0.476 e. The molecule has 0 aliphatic carbocycles. The summed E-state index contributed by atoms with van der Waals surface area (Å²) < 4.78 is 6.77. The number of carbonyl (C=O) groups is 2. The maximum Gasteiger partial charge on any atom is 0.410 e. The molecule has 0 saturated heterocycles. The summed E-state index contributed by atoms with van der Waals surface area (Å²) >= 11 is 0. The van der Waals surface area contributed by atoms with E-state index in [0.29, 0.717) is 12.1 Å². The van der Waals surface area contributed by atoms with E-state index in [1.807, 2.05) is 30.3 Å². The van der Waals surface area contributed by atoms with Crippen LogP contribution in [0.15, 0.2) is 30.3 Å². The zero-order valence-electron chi connectivity index (χ0n) is 12.0. The van der Waals surface area contributed by atoms with Gasteiger partial charge in [0.15, 0.2) is 5.69 Å². The molecule has 0 atom stereocenters. The van der Waals surface area contributed by atoms with Crippen molar-refractivity contribution < 1.29 is 19.4 Å².